The van der Waals surface area contributed by atoms with Crippen molar-refractivity contribution in [2.75, 3.05) is 10.6 Å². The Morgan fingerprint density at radius 3 is 2.26 bits per heavy atom. The minimum Gasteiger partial charge on any atom is -0.341 e. The second-order valence-electron chi connectivity index (χ2n) is 9.12. The Labute approximate surface area is 231 Å². The number of thioether (sulfide) groups is 1. The monoisotopic (exact) mass is 541 g/mol. The summed E-state index contributed by atoms with van der Waals surface area (Å²) in [4.78, 5) is 26.3. The quantitative estimate of drug-likeness (QED) is 0.197. The molecule has 4 aromatic carbocycles. The minimum absolute atomic E-state index is 0.0612. The van der Waals surface area contributed by atoms with Gasteiger partial charge in [0.1, 0.15) is 0 Å². The fourth-order valence-electron chi connectivity index (χ4n) is 4.58. The van der Waals surface area contributed by atoms with Crippen molar-refractivity contribution in [3.05, 3.63) is 102 Å². The number of amides is 2. The lowest BCUT2D eigenvalue weighted by atomic mass is 10.1. The lowest BCUT2D eigenvalue weighted by Crippen LogP contribution is -2.22. The molecule has 5 rings (SSSR count). The molecule has 0 saturated carbocycles. The van der Waals surface area contributed by atoms with Gasteiger partial charge in [-0.1, -0.05) is 41.9 Å². The standard InChI is InChI=1S/C31H28ClN3O2S/c1-3-35-28-7-5-4-6-26(28)27-19-24(14-17-29(27)35)34-31(37)20(2)38-25-15-12-23(13-16-25)33-30(36)18-21-8-10-22(32)11-9-21/h4-17,19-20H,3,18H2,1-2H3,(H,33,36)(H,34,37). The third kappa shape index (κ3) is 5.72. The Bertz CT molecular complexity index is 1610. The molecule has 0 aliphatic rings. The van der Waals surface area contributed by atoms with E-state index in [1.807, 2.05) is 55.5 Å². The summed E-state index contributed by atoms with van der Waals surface area (Å²) in [5, 5.41) is 8.65. The lowest BCUT2D eigenvalue weighted by molar-refractivity contribution is -0.116. The molecule has 0 saturated heterocycles. The summed E-state index contributed by atoms with van der Waals surface area (Å²) < 4.78 is 2.29. The average molecular weight is 542 g/mol. The Hall–Kier alpha value is -3.74. The first-order valence-corrected chi connectivity index (χ1v) is 13.8. The Kier molecular flexibility index (Phi) is 7.72. The number of para-hydroxylation sites is 1. The highest BCUT2D eigenvalue weighted by Crippen LogP contribution is 2.32. The summed E-state index contributed by atoms with van der Waals surface area (Å²) in [6.07, 6.45) is 0.273. The van der Waals surface area contributed by atoms with Crippen LogP contribution in [-0.2, 0) is 22.6 Å². The number of aromatic nitrogens is 1. The molecule has 2 amide bonds. The maximum atomic E-state index is 13.0. The first kappa shape index (κ1) is 25.9. The summed E-state index contributed by atoms with van der Waals surface area (Å²) >= 11 is 7.38. The SMILES string of the molecule is CCn1c2ccccc2c2cc(NC(=O)C(C)Sc3ccc(NC(=O)Cc4ccc(Cl)cc4)cc3)ccc21. The molecule has 0 aliphatic heterocycles. The van der Waals surface area contributed by atoms with Crippen LogP contribution in [0.25, 0.3) is 21.8 Å². The zero-order chi connectivity index (χ0) is 26.6. The van der Waals surface area contributed by atoms with Crippen LogP contribution in [0.1, 0.15) is 19.4 Å². The smallest absolute Gasteiger partial charge is 0.237 e. The third-order valence-corrected chi connectivity index (χ3v) is 7.82. The first-order chi connectivity index (χ1) is 18.4. The third-order valence-electron chi connectivity index (χ3n) is 6.45. The zero-order valence-corrected chi connectivity index (χ0v) is 22.8. The molecule has 1 aromatic heterocycles. The van der Waals surface area contributed by atoms with Crippen molar-refractivity contribution in [2.24, 2.45) is 0 Å². The van der Waals surface area contributed by atoms with Crippen LogP contribution >= 0.6 is 23.4 Å². The van der Waals surface area contributed by atoms with E-state index in [0.717, 1.165) is 33.6 Å². The van der Waals surface area contributed by atoms with Gasteiger partial charge in [0.2, 0.25) is 11.8 Å². The summed E-state index contributed by atoms with van der Waals surface area (Å²) in [6, 6.07) is 29.2. The highest BCUT2D eigenvalue weighted by atomic mass is 35.5. The minimum atomic E-state index is -0.298. The predicted molar refractivity (Wildman–Crippen MR) is 159 cm³/mol. The predicted octanol–water partition coefficient (Wildman–Crippen LogP) is 7.77. The normalized spacial score (nSPS) is 12.0. The van der Waals surface area contributed by atoms with Crippen molar-refractivity contribution in [1.29, 1.82) is 0 Å². The molecule has 0 bridgehead atoms. The summed E-state index contributed by atoms with van der Waals surface area (Å²) in [6.45, 7) is 4.92. The van der Waals surface area contributed by atoms with Gasteiger partial charge in [0, 0.05) is 49.6 Å². The number of nitrogens with one attached hydrogen (secondary N) is 2. The summed E-state index contributed by atoms with van der Waals surface area (Å²) in [5.41, 5.74) is 4.75. The maximum Gasteiger partial charge on any atom is 0.237 e. The van der Waals surface area contributed by atoms with Crippen LogP contribution in [0.3, 0.4) is 0 Å². The fourth-order valence-corrected chi connectivity index (χ4v) is 5.58. The van der Waals surface area contributed by atoms with Crippen molar-refractivity contribution in [1.82, 2.24) is 4.57 Å². The number of fused-ring (bicyclic) bond motifs is 3. The van der Waals surface area contributed by atoms with E-state index in [0.29, 0.717) is 10.7 Å². The van der Waals surface area contributed by atoms with E-state index in [4.69, 9.17) is 11.6 Å². The van der Waals surface area contributed by atoms with Gasteiger partial charge in [-0.25, -0.2) is 0 Å². The van der Waals surface area contributed by atoms with Gasteiger partial charge in [-0.2, -0.15) is 0 Å². The number of hydrogen-bond acceptors (Lipinski definition) is 3. The molecular formula is C31H28ClN3O2S. The Morgan fingerprint density at radius 2 is 1.53 bits per heavy atom. The number of anilines is 2. The molecule has 7 heteroatoms. The van der Waals surface area contributed by atoms with E-state index in [9.17, 15) is 9.59 Å². The Morgan fingerprint density at radius 1 is 0.842 bits per heavy atom. The molecule has 0 aliphatic carbocycles. The first-order valence-electron chi connectivity index (χ1n) is 12.5. The number of aryl methyl sites for hydroxylation is 1. The number of hydrogen-bond donors (Lipinski definition) is 2. The number of carbonyl (C=O) groups is 2. The largest absolute Gasteiger partial charge is 0.341 e. The Balaban J connectivity index is 1.20. The van der Waals surface area contributed by atoms with Crippen molar-refractivity contribution >= 4 is 68.4 Å². The zero-order valence-electron chi connectivity index (χ0n) is 21.2. The van der Waals surface area contributed by atoms with Crippen LogP contribution in [0.5, 0.6) is 0 Å². The average Bonchev–Trinajstić information content (AvgIpc) is 3.24. The van der Waals surface area contributed by atoms with Crippen molar-refractivity contribution in [3.8, 4) is 0 Å². The second kappa shape index (κ2) is 11.3. The van der Waals surface area contributed by atoms with Gasteiger partial charge in [0.05, 0.1) is 11.7 Å². The van der Waals surface area contributed by atoms with Crippen molar-refractivity contribution in [2.45, 2.75) is 37.0 Å². The highest BCUT2D eigenvalue weighted by Gasteiger charge is 2.16. The molecule has 0 radical (unpaired) electrons. The molecular weight excluding hydrogens is 514 g/mol. The van der Waals surface area contributed by atoms with E-state index in [-0.39, 0.29) is 23.5 Å². The van der Waals surface area contributed by atoms with E-state index < -0.39 is 0 Å². The molecule has 192 valence electrons. The summed E-state index contributed by atoms with van der Waals surface area (Å²) in [5.74, 6) is -0.159. The topological polar surface area (TPSA) is 63.1 Å². The van der Waals surface area contributed by atoms with E-state index in [2.05, 4.69) is 52.5 Å². The van der Waals surface area contributed by atoms with Crippen LogP contribution in [0.4, 0.5) is 11.4 Å². The number of benzene rings is 4. The number of carbonyl (C=O) groups excluding carboxylic acids is 2. The highest BCUT2D eigenvalue weighted by molar-refractivity contribution is 8.00. The number of rotatable bonds is 8. The van der Waals surface area contributed by atoms with Crippen molar-refractivity contribution < 1.29 is 9.59 Å². The maximum absolute atomic E-state index is 13.0. The van der Waals surface area contributed by atoms with E-state index >= 15 is 0 Å². The van der Waals surface area contributed by atoms with Crippen LogP contribution < -0.4 is 10.6 Å². The fraction of sp³-hybridized carbons (Fsp3) is 0.161. The van der Waals surface area contributed by atoms with Gasteiger partial charge in [-0.3, -0.25) is 9.59 Å². The molecule has 38 heavy (non-hydrogen) atoms. The molecule has 0 fully saturated rings. The molecule has 2 N–H and O–H groups in total. The van der Waals surface area contributed by atoms with Crippen LogP contribution in [0.2, 0.25) is 5.02 Å². The molecule has 1 heterocycles. The van der Waals surface area contributed by atoms with Gasteiger partial charge in [-0.05, 0) is 80.1 Å². The van der Waals surface area contributed by atoms with E-state index in [1.165, 1.54) is 22.7 Å². The molecule has 1 atom stereocenters. The second-order valence-corrected chi connectivity index (χ2v) is 11.0. The van der Waals surface area contributed by atoms with E-state index in [1.54, 1.807) is 12.1 Å². The van der Waals surface area contributed by atoms with Crippen molar-refractivity contribution in [3.63, 3.8) is 0 Å². The van der Waals surface area contributed by atoms with Crippen LogP contribution in [0, 0.1) is 0 Å². The van der Waals surface area contributed by atoms with Gasteiger partial charge >= 0.3 is 0 Å². The van der Waals surface area contributed by atoms with Gasteiger partial charge in [0.15, 0.2) is 0 Å². The lowest BCUT2D eigenvalue weighted by Gasteiger charge is -2.13. The van der Waals surface area contributed by atoms with Gasteiger partial charge in [-0.15, -0.1) is 11.8 Å². The number of nitrogens with zero attached hydrogens (tertiary/aromatic N) is 1. The summed E-state index contributed by atoms with van der Waals surface area (Å²) in [7, 11) is 0. The molecule has 1 unspecified atom stereocenters. The van der Waals surface area contributed by atoms with Gasteiger partial charge < -0.3 is 15.2 Å². The molecule has 0 spiro atoms. The van der Waals surface area contributed by atoms with Crippen LogP contribution in [-0.4, -0.2) is 21.6 Å². The van der Waals surface area contributed by atoms with Gasteiger partial charge in [0.25, 0.3) is 0 Å². The molecule has 5 nitrogen and oxygen atoms in total. The molecule has 5 aromatic rings. The number of halogens is 1. The van der Waals surface area contributed by atoms with Crippen LogP contribution in [0.15, 0.2) is 95.9 Å².